The molecule has 0 spiro atoms. The van der Waals surface area contributed by atoms with E-state index in [0.717, 1.165) is 36.2 Å². The quantitative estimate of drug-likeness (QED) is 0.433. The molecular weight excluding hydrogens is 442 g/mol. The summed E-state index contributed by atoms with van der Waals surface area (Å²) < 4.78 is 0. The van der Waals surface area contributed by atoms with Crippen molar-refractivity contribution >= 4 is 17.5 Å². The Labute approximate surface area is 207 Å². The van der Waals surface area contributed by atoms with Crippen molar-refractivity contribution in [3.8, 4) is 0 Å². The third-order valence-electron chi connectivity index (χ3n) is 6.20. The molecule has 1 aliphatic heterocycles. The van der Waals surface area contributed by atoms with Crippen LogP contribution in [-0.4, -0.2) is 51.7 Å². The van der Waals surface area contributed by atoms with E-state index >= 15 is 0 Å². The van der Waals surface area contributed by atoms with Crippen molar-refractivity contribution in [3.63, 3.8) is 0 Å². The fourth-order valence-electron chi connectivity index (χ4n) is 3.91. The second-order valence-corrected chi connectivity index (χ2v) is 8.86. The van der Waals surface area contributed by atoms with Gasteiger partial charge in [0.15, 0.2) is 12.2 Å². The fourth-order valence-corrected chi connectivity index (χ4v) is 3.91. The van der Waals surface area contributed by atoms with Crippen molar-refractivity contribution in [2.75, 3.05) is 11.4 Å². The molecule has 7 heteroatoms. The molecule has 0 fully saturated rings. The summed E-state index contributed by atoms with van der Waals surface area (Å²) in [7, 11) is 0. The number of carbonyl (C=O) groups is 2. The third-order valence-corrected chi connectivity index (χ3v) is 6.20. The number of nitrogens with zero attached hydrogens (tertiary/aromatic N) is 2. The van der Waals surface area contributed by atoms with Gasteiger partial charge in [-0.3, -0.25) is 9.59 Å². The van der Waals surface area contributed by atoms with Crippen LogP contribution in [0.25, 0.3) is 0 Å². The number of nitrogens with one attached hydrogen (secondary N) is 1. The predicted octanol–water partition coefficient (Wildman–Crippen LogP) is 3.13. The molecule has 2 amide bonds. The van der Waals surface area contributed by atoms with Crippen molar-refractivity contribution < 1.29 is 19.8 Å². The van der Waals surface area contributed by atoms with Crippen LogP contribution in [0.4, 0.5) is 5.69 Å². The summed E-state index contributed by atoms with van der Waals surface area (Å²) in [4.78, 5) is 28.8. The number of para-hydroxylation sites is 1. The van der Waals surface area contributed by atoms with Gasteiger partial charge >= 0.3 is 0 Å². The second kappa shape index (κ2) is 12.3. The highest BCUT2D eigenvalue weighted by Crippen LogP contribution is 2.23. The van der Waals surface area contributed by atoms with E-state index in [-0.39, 0.29) is 0 Å². The van der Waals surface area contributed by atoms with Crippen LogP contribution >= 0.6 is 0 Å². The number of anilines is 1. The highest BCUT2D eigenvalue weighted by atomic mass is 16.3. The number of rotatable bonds is 11. The van der Waals surface area contributed by atoms with E-state index in [1.165, 1.54) is 4.90 Å². The van der Waals surface area contributed by atoms with Crippen LogP contribution < -0.4 is 10.2 Å². The number of amides is 2. The molecule has 3 rings (SSSR count). The van der Waals surface area contributed by atoms with Gasteiger partial charge in [-0.25, -0.2) is 0 Å². The van der Waals surface area contributed by atoms with E-state index in [4.69, 9.17) is 0 Å². The van der Waals surface area contributed by atoms with E-state index in [1.54, 1.807) is 6.92 Å². The van der Waals surface area contributed by atoms with Crippen LogP contribution in [0.2, 0.25) is 0 Å². The van der Waals surface area contributed by atoms with E-state index in [1.807, 2.05) is 66.9 Å². The normalized spacial score (nSPS) is 15.4. The lowest BCUT2D eigenvalue weighted by Gasteiger charge is -2.24. The molecule has 2 aromatic carbocycles. The van der Waals surface area contributed by atoms with Gasteiger partial charge in [0.05, 0.1) is 6.04 Å². The van der Waals surface area contributed by atoms with Gasteiger partial charge in [0.25, 0.3) is 11.8 Å². The van der Waals surface area contributed by atoms with Crippen molar-refractivity contribution in [2.24, 2.45) is 0 Å². The Morgan fingerprint density at radius 3 is 2.26 bits per heavy atom. The number of hydrogen-bond donors (Lipinski definition) is 3. The molecular formula is C28H35N3O4. The first-order valence-corrected chi connectivity index (χ1v) is 12.0. The molecule has 0 aliphatic carbocycles. The van der Waals surface area contributed by atoms with Crippen LogP contribution in [0.15, 0.2) is 79.0 Å². The van der Waals surface area contributed by atoms with E-state index in [2.05, 4.69) is 23.7 Å². The number of unbranched alkanes of at least 4 members (excludes halogenated alkanes) is 1. The molecule has 35 heavy (non-hydrogen) atoms. The van der Waals surface area contributed by atoms with Crippen molar-refractivity contribution in [1.82, 2.24) is 10.2 Å². The number of hydrogen-bond acceptors (Lipinski definition) is 5. The molecule has 1 aliphatic rings. The zero-order valence-electron chi connectivity index (χ0n) is 20.4. The Bertz CT molecular complexity index is 1030. The highest BCUT2D eigenvalue weighted by Gasteiger charge is 2.35. The minimum absolute atomic E-state index is 0.342. The Kier molecular flexibility index (Phi) is 9.23. The first-order chi connectivity index (χ1) is 16.8. The smallest absolute Gasteiger partial charge is 0.255 e. The zero-order chi connectivity index (χ0) is 25.4. The van der Waals surface area contributed by atoms with E-state index < -0.39 is 30.1 Å². The fraction of sp³-hybridized carbons (Fsp3) is 0.357. The standard InChI is InChI=1S/C28H35N3O4/c1-4-5-16-30(24-13-7-6-8-14-24)17-15-20(2)21(3)29-27(34)25(32)26(33)28(35)31-18-22-11-9-10-12-23(22)19-31/h6-15,17,21,25-26,32-33H,2,4-5,16,18-19H2,1,3H3,(H,29,34)/b17-15-/t21-,25-,26-/m1/s1. The third kappa shape index (κ3) is 6.81. The average Bonchev–Trinajstić information content (AvgIpc) is 3.32. The largest absolute Gasteiger partial charge is 0.380 e. The average molecular weight is 478 g/mol. The summed E-state index contributed by atoms with van der Waals surface area (Å²) >= 11 is 0. The van der Waals surface area contributed by atoms with Gasteiger partial charge in [0, 0.05) is 31.5 Å². The van der Waals surface area contributed by atoms with Crippen molar-refractivity contribution in [2.45, 2.75) is 58.0 Å². The summed E-state index contributed by atoms with van der Waals surface area (Å²) in [5.41, 5.74) is 3.67. The Hall–Kier alpha value is -3.42. The van der Waals surface area contributed by atoms with Gasteiger partial charge in [0.2, 0.25) is 0 Å². The first kappa shape index (κ1) is 26.2. The van der Waals surface area contributed by atoms with E-state index in [9.17, 15) is 19.8 Å². The van der Waals surface area contributed by atoms with Gasteiger partial charge in [-0.1, -0.05) is 62.4 Å². The number of fused-ring (bicyclic) bond motifs is 1. The molecule has 0 unspecified atom stereocenters. The maximum Gasteiger partial charge on any atom is 0.255 e. The number of aliphatic hydroxyl groups excluding tert-OH is 2. The lowest BCUT2D eigenvalue weighted by Crippen LogP contribution is -2.51. The molecule has 3 atom stereocenters. The first-order valence-electron chi connectivity index (χ1n) is 12.0. The molecule has 2 aromatic rings. The maximum absolute atomic E-state index is 12.7. The van der Waals surface area contributed by atoms with Crippen LogP contribution in [0.5, 0.6) is 0 Å². The highest BCUT2D eigenvalue weighted by molar-refractivity contribution is 5.91. The topological polar surface area (TPSA) is 93.1 Å². The molecule has 0 aromatic heterocycles. The molecule has 1 heterocycles. The summed E-state index contributed by atoms with van der Waals surface area (Å²) in [5, 5.41) is 23.4. The molecule has 0 saturated heterocycles. The maximum atomic E-state index is 12.7. The molecule has 3 N–H and O–H groups in total. The zero-order valence-corrected chi connectivity index (χ0v) is 20.4. The summed E-state index contributed by atoms with van der Waals surface area (Å²) in [6.45, 7) is 9.43. The molecule has 186 valence electrons. The van der Waals surface area contributed by atoms with Gasteiger partial charge in [-0.15, -0.1) is 0 Å². The van der Waals surface area contributed by atoms with E-state index in [0.29, 0.717) is 18.7 Å². The molecule has 0 saturated carbocycles. The number of carbonyl (C=O) groups excluding carboxylic acids is 2. The van der Waals surface area contributed by atoms with Gasteiger partial charge in [-0.2, -0.15) is 0 Å². The Balaban J connectivity index is 1.55. The Morgan fingerprint density at radius 2 is 1.66 bits per heavy atom. The van der Waals surface area contributed by atoms with Crippen LogP contribution in [-0.2, 0) is 22.7 Å². The summed E-state index contributed by atoms with van der Waals surface area (Å²) in [6, 6.07) is 17.1. The van der Waals surface area contributed by atoms with Gasteiger partial charge in [0.1, 0.15) is 0 Å². The minimum atomic E-state index is -1.88. The minimum Gasteiger partial charge on any atom is -0.380 e. The summed E-state index contributed by atoms with van der Waals surface area (Å²) in [5.74, 6) is -1.50. The van der Waals surface area contributed by atoms with Crippen molar-refractivity contribution in [3.05, 3.63) is 90.2 Å². The van der Waals surface area contributed by atoms with Crippen LogP contribution in [0.3, 0.4) is 0 Å². The van der Waals surface area contributed by atoms with Gasteiger partial charge in [-0.05, 0) is 48.3 Å². The second-order valence-electron chi connectivity index (χ2n) is 8.86. The van der Waals surface area contributed by atoms with Gasteiger partial charge < -0.3 is 25.3 Å². The lowest BCUT2D eigenvalue weighted by atomic mass is 10.1. The van der Waals surface area contributed by atoms with Crippen LogP contribution in [0.1, 0.15) is 37.8 Å². The molecule has 0 bridgehead atoms. The predicted molar refractivity (Wildman–Crippen MR) is 137 cm³/mol. The Morgan fingerprint density at radius 1 is 1.06 bits per heavy atom. The molecule has 0 radical (unpaired) electrons. The summed E-state index contributed by atoms with van der Waals surface area (Å²) in [6.07, 6.45) is 2.11. The lowest BCUT2D eigenvalue weighted by molar-refractivity contribution is -0.153. The van der Waals surface area contributed by atoms with Crippen molar-refractivity contribution in [1.29, 1.82) is 0 Å². The monoisotopic (exact) mass is 477 g/mol. The molecule has 7 nitrogen and oxygen atoms in total. The number of benzene rings is 2. The number of aliphatic hydroxyl groups is 2. The SMILES string of the molecule is C=C(/C=C\N(CCCC)c1ccccc1)[C@@H](C)NC(=O)[C@H](O)[C@@H](O)C(=O)N1Cc2ccccc2C1. The van der Waals surface area contributed by atoms with Crippen LogP contribution in [0, 0.1) is 0 Å².